The summed E-state index contributed by atoms with van der Waals surface area (Å²) in [5.74, 6) is 0.148. The number of carbonyl (C=O) groups is 1. The van der Waals surface area contributed by atoms with Gasteiger partial charge in [0, 0.05) is 0 Å². The van der Waals surface area contributed by atoms with Crippen molar-refractivity contribution < 1.29 is 29.8 Å². The summed E-state index contributed by atoms with van der Waals surface area (Å²) in [7, 11) is 1.56. The molecular weight excluding hydrogens is 208 g/mol. The van der Waals surface area contributed by atoms with Gasteiger partial charge >= 0.3 is 17.3 Å². The van der Waals surface area contributed by atoms with Crippen LogP contribution in [0.1, 0.15) is 5.56 Å². The minimum atomic E-state index is -0.571. The second kappa shape index (κ2) is 5.47. The molecule has 0 aromatic heterocycles. The van der Waals surface area contributed by atoms with E-state index in [0.29, 0.717) is 0 Å². The van der Waals surface area contributed by atoms with Gasteiger partial charge in [0.25, 0.3) is 0 Å². The fraction of sp³-hybridized carbons (Fsp3) is 0.222. The van der Waals surface area contributed by atoms with Crippen molar-refractivity contribution in [2.45, 2.75) is 6.42 Å². The number of carbonyl (C=O) groups excluding carboxylic acids is 1. The Labute approximate surface area is 85.5 Å². The minimum absolute atomic E-state index is 0.0826. The molecule has 0 N–H and O–H groups in total. The van der Waals surface area contributed by atoms with Gasteiger partial charge in [-0.2, -0.15) is 4.29 Å². The molecule has 0 unspecified atom stereocenters. The summed E-state index contributed by atoms with van der Waals surface area (Å²) in [6.45, 7) is 0. The van der Waals surface area contributed by atoms with E-state index < -0.39 is 5.97 Å². The number of halogens is 1. The summed E-state index contributed by atoms with van der Waals surface area (Å²) in [6.07, 6.45) is 0.0826. The molecule has 0 aliphatic carbocycles. The van der Waals surface area contributed by atoms with Crippen LogP contribution < -0.4 is 9.40 Å². The molecule has 1 aromatic rings. The lowest BCUT2D eigenvalue weighted by molar-refractivity contribution is -1.26. The van der Waals surface area contributed by atoms with Gasteiger partial charge in [0.05, 0.1) is 13.5 Å². The summed E-state index contributed by atoms with van der Waals surface area (Å²) >= 11 is 0.237. The highest BCUT2D eigenvalue weighted by atomic mass is 35.6. The van der Waals surface area contributed by atoms with Crippen LogP contribution >= 0.6 is 0 Å². The Morgan fingerprint density at radius 3 is 2.57 bits per heavy atom. The van der Waals surface area contributed by atoms with Crippen LogP contribution in [-0.4, -0.2) is 13.1 Å². The van der Waals surface area contributed by atoms with E-state index in [9.17, 15) is 9.45 Å². The molecular formula is C9H9ClO4. The lowest BCUT2D eigenvalue weighted by atomic mass is 10.1. The Morgan fingerprint density at radius 2 is 2.07 bits per heavy atom. The molecule has 0 saturated heterocycles. The predicted molar refractivity (Wildman–Crippen MR) is 42.8 cm³/mol. The predicted octanol–water partition coefficient (Wildman–Crippen LogP) is 0.0562. The molecule has 0 aliphatic heterocycles. The highest BCUT2D eigenvalue weighted by molar-refractivity contribution is 5.71. The quantitative estimate of drug-likeness (QED) is 0.714. The first kappa shape index (κ1) is 10.8. The van der Waals surface area contributed by atoms with Crippen molar-refractivity contribution in [2.24, 2.45) is 0 Å². The molecule has 5 heteroatoms. The van der Waals surface area contributed by atoms with Crippen LogP contribution in [0.4, 0.5) is 0 Å². The van der Waals surface area contributed by atoms with Gasteiger partial charge in [0.15, 0.2) is 0 Å². The third-order valence-electron chi connectivity index (χ3n) is 1.63. The van der Waals surface area contributed by atoms with Gasteiger partial charge in [-0.15, -0.1) is 0 Å². The molecule has 0 amide bonds. The van der Waals surface area contributed by atoms with E-state index in [0.717, 1.165) is 11.3 Å². The van der Waals surface area contributed by atoms with E-state index >= 15 is 0 Å². The minimum Gasteiger partial charge on any atom is -0.497 e. The van der Waals surface area contributed by atoms with Crippen LogP contribution in [0.25, 0.3) is 0 Å². The zero-order valence-corrected chi connectivity index (χ0v) is 8.28. The molecule has 1 rings (SSSR count). The highest BCUT2D eigenvalue weighted by Gasteiger charge is 2.09. The maximum absolute atomic E-state index is 10.9. The number of methoxy groups -OCH3 is 1. The van der Waals surface area contributed by atoms with Gasteiger partial charge in [-0.05, 0) is 17.7 Å². The molecule has 0 heterocycles. The molecule has 14 heavy (non-hydrogen) atoms. The van der Waals surface area contributed by atoms with Crippen molar-refractivity contribution >= 4 is 5.97 Å². The van der Waals surface area contributed by atoms with Gasteiger partial charge in [-0.25, -0.2) is 4.79 Å². The summed E-state index contributed by atoms with van der Waals surface area (Å²) in [5, 5.41) is 0. The highest BCUT2D eigenvalue weighted by Crippen LogP contribution is 2.11. The van der Waals surface area contributed by atoms with Crippen molar-refractivity contribution in [3.8, 4) is 5.75 Å². The molecule has 4 nitrogen and oxygen atoms in total. The van der Waals surface area contributed by atoms with Gasteiger partial charge in [-0.1, -0.05) is 12.1 Å². The second-order valence-electron chi connectivity index (χ2n) is 2.54. The van der Waals surface area contributed by atoms with Gasteiger partial charge in [0.1, 0.15) is 5.75 Å². The first-order chi connectivity index (χ1) is 6.76. The molecule has 76 valence electrons. The van der Waals surface area contributed by atoms with Crippen molar-refractivity contribution in [1.82, 2.24) is 0 Å². The van der Waals surface area contributed by atoms with Crippen molar-refractivity contribution in [1.29, 1.82) is 0 Å². The fourth-order valence-electron chi connectivity index (χ4n) is 0.972. The molecule has 0 spiro atoms. The van der Waals surface area contributed by atoms with Gasteiger partial charge in [-0.3, -0.25) is 0 Å². The van der Waals surface area contributed by atoms with E-state index in [-0.39, 0.29) is 17.7 Å². The Bertz CT molecular complexity index is 296. The normalized spacial score (nSPS) is 9.57. The third-order valence-corrected chi connectivity index (χ3v) is 1.86. The van der Waals surface area contributed by atoms with Gasteiger partial charge < -0.3 is 9.40 Å². The maximum atomic E-state index is 10.9. The first-order valence-corrected chi connectivity index (χ1v) is 4.47. The first-order valence-electron chi connectivity index (χ1n) is 3.86. The smallest absolute Gasteiger partial charge is 0.396 e. The van der Waals surface area contributed by atoms with Crippen LogP contribution in [0.3, 0.4) is 0 Å². The topological polar surface area (TPSA) is 58.6 Å². The van der Waals surface area contributed by atoms with Crippen LogP contribution in [0.15, 0.2) is 24.3 Å². The molecule has 0 radical (unpaired) electrons. The monoisotopic (exact) mass is 216 g/mol. The van der Waals surface area contributed by atoms with Crippen LogP contribution in [0.2, 0.25) is 0 Å². The van der Waals surface area contributed by atoms with E-state index in [2.05, 4.69) is 4.29 Å². The van der Waals surface area contributed by atoms with Crippen LogP contribution in [0, 0.1) is 11.3 Å². The van der Waals surface area contributed by atoms with E-state index in [1.165, 1.54) is 0 Å². The number of rotatable bonds is 4. The number of hydrogen-bond donors (Lipinski definition) is 0. The van der Waals surface area contributed by atoms with Crippen molar-refractivity contribution in [3.05, 3.63) is 29.8 Å². The molecule has 0 saturated carbocycles. The molecule has 0 atom stereocenters. The average molecular weight is 217 g/mol. The lowest BCUT2D eigenvalue weighted by Crippen LogP contribution is -2.13. The zero-order valence-electron chi connectivity index (χ0n) is 7.53. The molecule has 0 fully saturated rings. The average Bonchev–Trinajstić information content (AvgIpc) is 2.19. The number of benzene rings is 1. The summed E-state index contributed by atoms with van der Waals surface area (Å²) in [5.41, 5.74) is 0.773. The standard InChI is InChI=1S/C9H9ClO4/c1-13-8-4-2-7(3-5-8)6-9(11)14-10-12/h2-5H,6H2,1H3. The lowest BCUT2D eigenvalue weighted by Gasteiger charge is -2.00. The van der Waals surface area contributed by atoms with Crippen molar-refractivity contribution in [2.75, 3.05) is 7.11 Å². The Morgan fingerprint density at radius 1 is 1.43 bits per heavy atom. The summed E-state index contributed by atoms with van der Waals surface area (Å²) in [6, 6.07) is 6.96. The summed E-state index contributed by atoms with van der Waals surface area (Å²) < 4.78 is 18.9. The zero-order chi connectivity index (χ0) is 10.4. The second-order valence-corrected chi connectivity index (χ2v) is 2.82. The van der Waals surface area contributed by atoms with E-state index in [4.69, 9.17) is 4.74 Å². The Hall–Kier alpha value is -1.26. The third kappa shape index (κ3) is 3.24. The Balaban J connectivity index is 2.55. The molecule has 1 aromatic carbocycles. The van der Waals surface area contributed by atoms with Crippen molar-refractivity contribution in [3.63, 3.8) is 0 Å². The number of hydrogen-bond acceptors (Lipinski definition) is 4. The van der Waals surface area contributed by atoms with Gasteiger partial charge in [0.2, 0.25) is 0 Å². The largest absolute Gasteiger partial charge is 0.497 e. The van der Waals surface area contributed by atoms with E-state index in [1.54, 1.807) is 31.4 Å². The number of ether oxygens (including phenoxy) is 1. The van der Waals surface area contributed by atoms with Crippen LogP contribution in [-0.2, 0) is 15.5 Å². The fourth-order valence-corrected chi connectivity index (χ4v) is 1.10. The molecule has 0 bridgehead atoms. The Kier molecular flexibility index (Phi) is 4.22. The van der Waals surface area contributed by atoms with E-state index in [1.807, 2.05) is 0 Å². The molecule has 0 aliphatic rings. The SMILES string of the molecule is COc1ccc(CC(=O)O[Cl+][O-])cc1. The van der Waals surface area contributed by atoms with Crippen LogP contribution in [0.5, 0.6) is 5.75 Å². The maximum Gasteiger partial charge on any atom is 0.396 e. The summed E-state index contributed by atoms with van der Waals surface area (Å²) in [4.78, 5) is 10.9.